The Bertz CT molecular complexity index is 1070. The molecule has 0 unspecified atom stereocenters. The molecule has 2 aromatic carbocycles. The molecule has 1 aliphatic rings. The second-order valence-electron chi connectivity index (χ2n) is 7.49. The first-order valence-electron chi connectivity index (χ1n) is 10.3. The van der Waals surface area contributed by atoms with Crippen LogP contribution in [0.1, 0.15) is 37.7 Å². The highest BCUT2D eigenvalue weighted by atomic mass is 35.5. The molecule has 0 radical (unpaired) electrons. The van der Waals surface area contributed by atoms with Crippen molar-refractivity contribution in [3.05, 3.63) is 53.1 Å². The standard InChI is InChI=1S/C22H26ClN3O5S/c1-31-20-9-5-6-16(22(20)28)14-24-25-21(27)15-26(18-7-3-2-4-8-18)32(29,30)19-12-10-17(23)11-13-19/h5-6,9-14,18,28H,2-4,7-8,15H2,1H3,(H,25,27)/b24-14+. The monoisotopic (exact) mass is 479 g/mol. The van der Waals surface area contributed by atoms with E-state index in [1.807, 2.05) is 0 Å². The van der Waals surface area contributed by atoms with Gasteiger partial charge in [-0.3, -0.25) is 4.79 Å². The summed E-state index contributed by atoms with van der Waals surface area (Å²) in [7, 11) is -2.47. The molecule has 2 N–H and O–H groups in total. The molecule has 172 valence electrons. The zero-order valence-electron chi connectivity index (χ0n) is 17.7. The molecule has 10 heteroatoms. The molecule has 1 fully saturated rings. The second kappa shape index (κ2) is 10.8. The van der Waals surface area contributed by atoms with E-state index in [1.165, 1.54) is 41.9 Å². The maximum absolute atomic E-state index is 13.3. The van der Waals surface area contributed by atoms with Gasteiger partial charge in [0.05, 0.1) is 24.8 Å². The average molecular weight is 480 g/mol. The number of carbonyl (C=O) groups excluding carboxylic acids is 1. The van der Waals surface area contributed by atoms with Gasteiger partial charge in [0.25, 0.3) is 5.91 Å². The minimum Gasteiger partial charge on any atom is -0.504 e. The summed E-state index contributed by atoms with van der Waals surface area (Å²) in [5, 5.41) is 14.4. The second-order valence-corrected chi connectivity index (χ2v) is 9.81. The molecular formula is C22H26ClN3O5S. The molecule has 3 rings (SSSR count). The van der Waals surface area contributed by atoms with Gasteiger partial charge >= 0.3 is 0 Å². The first-order valence-corrected chi connectivity index (χ1v) is 12.1. The first-order chi connectivity index (χ1) is 15.3. The number of halogens is 1. The van der Waals surface area contributed by atoms with Crippen LogP contribution in [-0.4, -0.2) is 49.6 Å². The van der Waals surface area contributed by atoms with Crippen molar-refractivity contribution >= 4 is 33.7 Å². The first kappa shape index (κ1) is 24.0. The Kier molecular flexibility index (Phi) is 8.11. The van der Waals surface area contributed by atoms with Crippen LogP contribution in [-0.2, 0) is 14.8 Å². The largest absolute Gasteiger partial charge is 0.504 e. The van der Waals surface area contributed by atoms with Gasteiger partial charge in [-0.15, -0.1) is 0 Å². The summed E-state index contributed by atoms with van der Waals surface area (Å²) in [4.78, 5) is 12.7. The Morgan fingerprint density at radius 1 is 1.22 bits per heavy atom. The summed E-state index contributed by atoms with van der Waals surface area (Å²) in [6, 6.07) is 10.5. The van der Waals surface area contributed by atoms with Gasteiger partial charge in [0, 0.05) is 16.6 Å². The number of nitrogens with one attached hydrogen (secondary N) is 1. The molecule has 8 nitrogen and oxygen atoms in total. The zero-order chi connectivity index (χ0) is 23.1. The molecule has 0 heterocycles. The Morgan fingerprint density at radius 2 is 1.91 bits per heavy atom. The summed E-state index contributed by atoms with van der Waals surface area (Å²) in [5.41, 5.74) is 2.70. The molecule has 0 aliphatic heterocycles. The lowest BCUT2D eigenvalue weighted by molar-refractivity contribution is -0.121. The molecule has 1 saturated carbocycles. The van der Waals surface area contributed by atoms with E-state index in [1.54, 1.807) is 18.2 Å². The molecule has 0 bridgehead atoms. The highest BCUT2D eigenvalue weighted by Gasteiger charge is 2.33. The Hall–Kier alpha value is -2.62. The van der Waals surface area contributed by atoms with Gasteiger partial charge in [-0.1, -0.05) is 36.9 Å². The van der Waals surface area contributed by atoms with Crippen LogP contribution in [0.2, 0.25) is 5.02 Å². The van der Waals surface area contributed by atoms with Gasteiger partial charge in [-0.25, -0.2) is 13.8 Å². The highest BCUT2D eigenvalue weighted by Crippen LogP contribution is 2.29. The Morgan fingerprint density at radius 3 is 2.56 bits per heavy atom. The van der Waals surface area contributed by atoms with Crippen molar-refractivity contribution in [3.8, 4) is 11.5 Å². The molecule has 0 atom stereocenters. The van der Waals surface area contributed by atoms with Gasteiger partial charge in [0.1, 0.15) is 0 Å². The van der Waals surface area contributed by atoms with E-state index < -0.39 is 15.9 Å². The fraction of sp³-hybridized carbons (Fsp3) is 0.364. The van der Waals surface area contributed by atoms with E-state index in [4.69, 9.17) is 16.3 Å². The van der Waals surface area contributed by atoms with Crippen molar-refractivity contribution in [1.82, 2.24) is 9.73 Å². The number of carbonyl (C=O) groups is 1. The molecule has 0 aromatic heterocycles. The summed E-state index contributed by atoms with van der Waals surface area (Å²) in [6.07, 6.45) is 5.53. The van der Waals surface area contributed by atoms with Crippen molar-refractivity contribution in [1.29, 1.82) is 0 Å². The minimum absolute atomic E-state index is 0.0880. The summed E-state index contributed by atoms with van der Waals surface area (Å²) >= 11 is 5.90. The van der Waals surface area contributed by atoms with Crippen LogP contribution in [0.3, 0.4) is 0 Å². The number of hydrazone groups is 1. The van der Waals surface area contributed by atoms with Gasteiger partial charge in [0.15, 0.2) is 11.5 Å². The van der Waals surface area contributed by atoms with Gasteiger partial charge in [0.2, 0.25) is 10.0 Å². The van der Waals surface area contributed by atoms with Crippen molar-refractivity contribution in [2.75, 3.05) is 13.7 Å². The predicted molar refractivity (Wildman–Crippen MR) is 123 cm³/mol. The van der Waals surface area contributed by atoms with Crippen LogP contribution >= 0.6 is 11.6 Å². The van der Waals surface area contributed by atoms with Crippen molar-refractivity contribution in [2.24, 2.45) is 5.10 Å². The van der Waals surface area contributed by atoms with Crippen molar-refractivity contribution in [3.63, 3.8) is 0 Å². The molecular weight excluding hydrogens is 454 g/mol. The number of ether oxygens (including phenoxy) is 1. The van der Waals surface area contributed by atoms with E-state index >= 15 is 0 Å². The minimum atomic E-state index is -3.90. The molecule has 1 amide bonds. The van der Waals surface area contributed by atoms with E-state index in [0.29, 0.717) is 23.4 Å². The number of benzene rings is 2. The number of phenolic OH excluding ortho intramolecular Hbond substituents is 1. The summed E-state index contributed by atoms with van der Waals surface area (Å²) in [5.74, 6) is -0.410. The van der Waals surface area contributed by atoms with Crippen molar-refractivity contribution < 1.29 is 23.1 Å². The van der Waals surface area contributed by atoms with Crippen LogP contribution in [0.15, 0.2) is 52.5 Å². The number of nitrogens with zero attached hydrogens (tertiary/aromatic N) is 2. The third-order valence-corrected chi connectivity index (χ3v) is 7.51. The van der Waals surface area contributed by atoms with Gasteiger partial charge in [-0.2, -0.15) is 9.41 Å². The van der Waals surface area contributed by atoms with Crippen LogP contribution in [0, 0.1) is 0 Å². The van der Waals surface area contributed by atoms with Gasteiger partial charge in [-0.05, 0) is 49.2 Å². The van der Waals surface area contributed by atoms with Crippen LogP contribution < -0.4 is 10.2 Å². The number of amides is 1. The maximum atomic E-state index is 13.3. The lowest BCUT2D eigenvalue weighted by atomic mass is 9.95. The van der Waals surface area contributed by atoms with E-state index in [9.17, 15) is 18.3 Å². The lowest BCUT2D eigenvalue weighted by Gasteiger charge is -2.32. The third-order valence-electron chi connectivity index (χ3n) is 5.34. The predicted octanol–water partition coefficient (Wildman–Crippen LogP) is 3.53. The zero-order valence-corrected chi connectivity index (χ0v) is 19.3. The summed E-state index contributed by atoms with van der Waals surface area (Å²) in [6.45, 7) is -0.364. The molecule has 32 heavy (non-hydrogen) atoms. The Balaban J connectivity index is 1.76. The molecule has 1 aliphatic carbocycles. The SMILES string of the molecule is COc1cccc(/C=N/NC(=O)CN(C2CCCCC2)S(=O)(=O)c2ccc(Cl)cc2)c1O. The molecule has 0 spiro atoms. The Labute approximate surface area is 192 Å². The number of para-hydroxylation sites is 1. The number of aromatic hydroxyl groups is 1. The fourth-order valence-electron chi connectivity index (χ4n) is 3.68. The normalized spacial score (nSPS) is 15.2. The number of methoxy groups -OCH3 is 1. The summed E-state index contributed by atoms with van der Waals surface area (Å²) < 4.78 is 32.9. The van der Waals surface area contributed by atoms with E-state index in [-0.39, 0.29) is 29.0 Å². The van der Waals surface area contributed by atoms with E-state index in [2.05, 4.69) is 10.5 Å². The van der Waals surface area contributed by atoms with Gasteiger partial charge < -0.3 is 9.84 Å². The quantitative estimate of drug-likeness (QED) is 0.444. The van der Waals surface area contributed by atoms with Crippen LogP contribution in [0.25, 0.3) is 0 Å². The van der Waals surface area contributed by atoms with Crippen molar-refractivity contribution in [2.45, 2.75) is 43.0 Å². The third kappa shape index (κ3) is 5.79. The number of hydrogen-bond donors (Lipinski definition) is 2. The van der Waals surface area contributed by atoms with Crippen LogP contribution in [0.5, 0.6) is 11.5 Å². The fourth-order valence-corrected chi connectivity index (χ4v) is 5.45. The topological polar surface area (TPSA) is 108 Å². The maximum Gasteiger partial charge on any atom is 0.255 e. The lowest BCUT2D eigenvalue weighted by Crippen LogP contribution is -2.46. The average Bonchev–Trinajstić information content (AvgIpc) is 2.79. The number of rotatable bonds is 8. The number of sulfonamides is 1. The smallest absolute Gasteiger partial charge is 0.255 e. The molecule has 0 saturated heterocycles. The number of hydrogen-bond acceptors (Lipinski definition) is 6. The van der Waals surface area contributed by atoms with E-state index in [0.717, 1.165) is 19.3 Å². The highest BCUT2D eigenvalue weighted by molar-refractivity contribution is 7.89. The molecule has 2 aromatic rings. The van der Waals surface area contributed by atoms with Crippen LogP contribution in [0.4, 0.5) is 0 Å². The number of phenols is 1.